The molecule has 3 heteroatoms. The fourth-order valence-corrected chi connectivity index (χ4v) is 2.47. The molecule has 0 N–H and O–H groups in total. The summed E-state index contributed by atoms with van der Waals surface area (Å²) in [5.74, 6) is 0.443. The van der Waals surface area contributed by atoms with Gasteiger partial charge in [-0.2, -0.15) is 0 Å². The highest BCUT2D eigenvalue weighted by Crippen LogP contribution is 2.24. The summed E-state index contributed by atoms with van der Waals surface area (Å²) < 4.78 is 13.3. The van der Waals surface area contributed by atoms with Crippen molar-refractivity contribution in [3.63, 3.8) is 0 Å². The Morgan fingerprint density at radius 2 is 1.62 bits per heavy atom. The summed E-state index contributed by atoms with van der Waals surface area (Å²) in [5, 5.41) is 2.79. The van der Waals surface area contributed by atoms with Gasteiger partial charge in [-0.1, -0.05) is 36.4 Å². The number of fused-ring (bicyclic) bond motifs is 2. The first-order chi connectivity index (χ1) is 10.3. The second-order valence-electron chi connectivity index (χ2n) is 4.96. The van der Waals surface area contributed by atoms with Gasteiger partial charge >= 0.3 is 0 Å². The molecule has 0 saturated carbocycles. The molecule has 2 nitrogen and oxygen atoms in total. The predicted octanol–water partition coefficient (Wildman–Crippen LogP) is 4.59. The maximum Gasteiger partial charge on any atom is 0.159 e. The molecule has 1 heterocycles. The summed E-state index contributed by atoms with van der Waals surface area (Å²) in [7, 11) is 0. The van der Waals surface area contributed by atoms with E-state index in [1.54, 1.807) is 6.07 Å². The molecule has 0 spiro atoms. The molecule has 0 unspecified atom stereocenters. The molecule has 0 fully saturated rings. The van der Waals surface area contributed by atoms with E-state index >= 15 is 0 Å². The van der Waals surface area contributed by atoms with E-state index in [0.717, 1.165) is 27.2 Å². The first-order valence-electron chi connectivity index (χ1n) is 6.71. The molecule has 21 heavy (non-hydrogen) atoms. The molecule has 0 aliphatic rings. The molecule has 4 aromatic rings. The van der Waals surface area contributed by atoms with Crippen LogP contribution in [0.3, 0.4) is 0 Å². The van der Waals surface area contributed by atoms with E-state index in [0.29, 0.717) is 5.82 Å². The molecule has 0 radical (unpaired) electrons. The van der Waals surface area contributed by atoms with Crippen LogP contribution in [0.15, 0.2) is 66.9 Å². The first-order valence-corrected chi connectivity index (χ1v) is 6.71. The van der Waals surface area contributed by atoms with Crippen LogP contribution >= 0.6 is 0 Å². The highest BCUT2D eigenvalue weighted by atomic mass is 19.1. The van der Waals surface area contributed by atoms with Gasteiger partial charge in [-0.25, -0.2) is 14.4 Å². The highest BCUT2D eigenvalue weighted by molar-refractivity contribution is 5.96. The summed E-state index contributed by atoms with van der Waals surface area (Å²) in [5.41, 5.74) is 1.79. The minimum Gasteiger partial charge on any atom is -0.236 e. The van der Waals surface area contributed by atoms with Crippen LogP contribution in [0.1, 0.15) is 0 Å². The van der Waals surface area contributed by atoms with E-state index in [1.807, 2.05) is 48.7 Å². The van der Waals surface area contributed by atoms with Gasteiger partial charge in [0.1, 0.15) is 5.82 Å². The number of rotatable bonds is 1. The zero-order valence-corrected chi connectivity index (χ0v) is 11.1. The first kappa shape index (κ1) is 12.0. The largest absolute Gasteiger partial charge is 0.236 e. The van der Waals surface area contributed by atoms with Gasteiger partial charge in [-0.15, -0.1) is 0 Å². The van der Waals surface area contributed by atoms with Gasteiger partial charge in [-0.05, 0) is 35.0 Å². The molecule has 0 bridgehead atoms. The zero-order valence-electron chi connectivity index (χ0n) is 11.1. The molecule has 1 aromatic heterocycles. The van der Waals surface area contributed by atoms with Crippen molar-refractivity contribution in [2.24, 2.45) is 0 Å². The Hall–Kier alpha value is -2.81. The Bertz CT molecular complexity index is 949. The summed E-state index contributed by atoms with van der Waals surface area (Å²) >= 11 is 0. The van der Waals surface area contributed by atoms with Crippen LogP contribution in [0.25, 0.3) is 33.1 Å². The van der Waals surface area contributed by atoms with E-state index in [9.17, 15) is 4.39 Å². The average molecular weight is 274 g/mol. The smallest absolute Gasteiger partial charge is 0.159 e. The van der Waals surface area contributed by atoms with Crippen LogP contribution < -0.4 is 0 Å². The Kier molecular flexibility index (Phi) is 2.64. The number of halogens is 1. The molecule has 3 aromatic carbocycles. The van der Waals surface area contributed by atoms with Gasteiger partial charge in [0.15, 0.2) is 5.82 Å². The lowest BCUT2D eigenvalue weighted by Gasteiger charge is -2.04. The van der Waals surface area contributed by atoms with Crippen molar-refractivity contribution in [2.45, 2.75) is 0 Å². The van der Waals surface area contributed by atoms with Crippen molar-refractivity contribution in [3.05, 3.63) is 72.7 Å². The minimum atomic E-state index is -0.237. The SMILES string of the molecule is Fc1ccc2cc3cnc(-c4ccccc4)nc3cc2c1. The maximum atomic E-state index is 13.3. The van der Waals surface area contributed by atoms with Gasteiger partial charge in [0.05, 0.1) is 5.52 Å². The molecule has 0 saturated heterocycles. The third kappa shape index (κ3) is 2.13. The Morgan fingerprint density at radius 3 is 2.48 bits per heavy atom. The third-order valence-corrected chi connectivity index (χ3v) is 3.53. The number of hydrogen-bond acceptors (Lipinski definition) is 2. The number of nitrogens with zero attached hydrogens (tertiary/aromatic N) is 2. The monoisotopic (exact) mass is 274 g/mol. The molecule has 100 valence electrons. The fourth-order valence-electron chi connectivity index (χ4n) is 2.47. The van der Waals surface area contributed by atoms with Crippen molar-refractivity contribution in [1.29, 1.82) is 0 Å². The predicted molar refractivity (Wildman–Crippen MR) is 82.4 cm³/mol. The summed E-state index contributed by atoms with van der Waals surface area (Å²) in [6, 6.07) is 18.5. The van der Waals surface area contributed by atoms with Crippen molar-refractivity contribution in [1.82, 2.24) is 9.97 Å². The Balaban J connectivity index is 1.96. The lowest BCUT2D eigenvalue weighted by atomic mass is 10.1. The second-order valence-corrected chi connectivity index (χ2v) is 4.96. The van der Waals surface area contributed by atoms with Crippen LogP contribution in [0, 0.1) is 5.82 Å². The Morgan fingerprint density at radius 1 is 0.762 bits per heavy atom. The maximum absolute atomic E-state index is 13.3. The van der Waals surface area contributed by atoms with Gasteiger partial charge in [0, 0.05) is 17.1 Å². The molecular weight excluding hydrogens is 263 g/mol. The third-order valence-electron chi connectivity index (χ3n) is 3.53. The molecule has 0 atom stereocenters. The van der Waals surface area contributed by atoms with Gasteiger partial charge < -0.3 is 0 Å². The number of hydrogen-bond donors (Lipinski definition) is 0. The number of benzene rings is 3. The lowest BCUT2D eigenvalue weighted by molar-refractivity contribution is 0.630. The minimum absolute atomic E-state index is 0.237. The van der Waals surface area contributed by atoms with E-state index in [1.165, 1.54) is 12.1 Å². The van der Waals surface area contributed by atoms with Crippen molar-refractivity contribution >= 4 is 21.7 Å². The summed E-state index contributed by atoms with van der Waals surface area (Å²) in [6.45, 7) is 0. The van der Waals surface area contributed by atoms with E-state index in [-0.39, 0.29) is 5.82 Å². The van der Waals surface area contributed by atoms with Crippen molar-refractivity contribution in [3.8, 4) is 11.4 Å². The number of aromatic nitrogens is 2. The van der Waals surface area contributed by atoms with E-state index in [4.69, 9.17) is 0 Å². The van der Waals surface area contributed by atoms with Gasteiger partial charge in [0.2, 0.25) is 0 Å². The molecule has 4 rings (SSSR count). The van der Waals surface area contributed by atoms with Gasteiger partial charge in [-0.3, -0.25) is 0 Å². The van der Waals surface area contributed by atoms with Crippen LogP contribution in [-0.2, 0) is 0 Å². The van der Waals surface area contributed by atoms with Crippen LogP contribution in [0.2, 0.25) is 0 Å². The van der Waals surface area contributed by atoms with Gasteiger partial charge in [0.25, 0.3) is 0 Å². The Labute approximate surface area is 120 Å². The van der Waals surface area contributed by atoms with Crippen LogP contribution in [0.4, 0.5) is 4.39 Å². The lowest BCUT2D eigenvalue weighted by Crippen LogP contribution is -1.90. The molecular formula is C18H11FN2. The van der Waals surface area contributed by atoms with Crippen molar-refractivity contribution in [2.75, 3.05) is 0 Å². The van der Waals surface area contributed by atoms with Crippen molar-refractivity contribution < 1.29 is 4.39 Å². The normalized spacial score (nSPS) is 11.1. The quantitative estimate of drug-likeness (QED) is 0.474. The zero-order chi connectivity index (χ0) is 14.2. The second kappa shape index (κ2) is 4.63. The molecule has 0 aliphatic heterocycles. The highest BCUT2D eigenvalue weighted by Gasteiger charge is 2.05. The molecule has 0 aliphatic carbocycles. The fraction of sp³-hybridized carbons (Fsp3) is 0. The van der Waals surface area contributed by atoms with E-state index in [2.05, 4.69) is 9.97 Å². The molecule has 0 amide bonds. The van der Waals surface area contributed by atoms with Crippen LogP contribution in [0.5, 0.6) is 0 Å². The average Bonchev–Trinajstić information content (AvgIpc) is 2.53. The summed E-state index contributed by atoms with van der Waals surface area (Å²) in [4.78, 5) is 9.01. The topological polar surface area (TPSA) is 25.8 Å². The van der Waals surface area contributed by atoms with E-state index < -0.39 is 0 Å². The van der Waals surface area contributed by atoms with Crippen LogP contribution in [-0.4, -0.2) is 9.97 Å². The summed E-state index contributed by atoms with van der Waals surface area (Å²) in [6.07, 6.45) is 1.81. The standard InChI is InChI=1S/C18H11FN2/c19-16-7-6-13-8-15-11-20-18(12-4-2-1-3-5-12)21-17(15)10-14(13)9-16/h1-11H.